The minimum atomic E-state index is -4.80. The van der Waals surface area contributed by atoms with E-state index in [-0.39, 0.29) is 17.8 Å². The largest absolute Gasteiger partial charge is 0.474 e. The molecule has 0 saturated heterocycles. The number of hydrogen-bond donors (Lipinski definition) is 1. The zero-order valence-electron chi connectivity index (χ0n) is 25.7. The Balaban J connectivity index is 1.45. The number of nitro groups is 1. The van der Waals surface area contributed by atoms with E-state index < -0.39 is 22.4 Å². The highest BCUT2D eigenvalue weighted by Crippen LogP contribution is 2.38. The second kappa shape index (κ2) is 15.0. The molecule has 7 nitrogen and oxygen atoms in total. The molecule has 1 N–H and O–H groups in total. The van der Waals surface area contributed by atoms with E-state index in [9.17, 15) is 23.3 Å². The van der Waals surface area contributed by atoms with Crippen LogP contribution in [0.1, 0.15) is 90.7 Å². The molecular formula is C32H47F3N4O3. The summed E-state index contributed by atoms with van der Waals surface area (Å²) in [7, 11) is 0. The normalized spacial score (nSPS) is 18.6. The maximum absolute atomic E-state index is 13.3. The minimum Gasteiger partial charge on any atom is -0.474 e. The molecule has 3 rings (SSSR count). The van der Waals surface area contributed by atoms with Crippen molar-refractivity contribution in [2.24, 2.45) is 11.3 Å². The summed E-state index contributed by atoms with van der Waals surface area (Å²) in [5.74, 6) is 1.23. The van der Waals surface area contributed by atoms with Crippen LogP contribution < -0.4 is 10.1 Å². The van der Waals surface area contributed by atoms with Crippen molar-refractivity contribution in [2.75, 3.05) is 25.0 Å². The van der Waals surface area contributed by atoms with Crippen molar-refractivity contribution in [1.29, 1.82) is 0 Å². The molecule has 1 fully saturated rings. The Morgan fingerprint density at radius 1 is 1.10 bits per heavy atom. The van der Waals surface area contributed by atoms with Crippen LogP contribution in [0.4, 0.5) is 24.5 Å². The number of alkyl halides is 3. The van der Waals surface area contributed by atoms with Gasteiger partial charge in [-0.05, 0) is 99.6 Å². The van der Waals surface area contributed by atoms with E-state index in [4.69, 9.17) is 4.74 Å². The van der Waals surface area contributed by atoms with E-state index >= 15 is 0 Å². The quantitative estimate of drug-likeness (QED) is 0.175. The van der Waals surface area contributed by atoms with E-state index in [1.165, 1.54) is 24.5 Å². The van der Waals surface area contributed by atoms with Crippen molar-refractivity contribution in [3.63, 3.8) is 0 Å². The molecule has 10 heteroatoms. The predicted molar refractivity (Wildman–Crippen MR) is 161 cm³/mol. The number of aryl methyl sites for hydroxylation is 1. The molecule has 2 aromatic rings. The van der Waals surface area contributed by atoms with Crippen molar-refractivity contribution in [3.05, 3.63) is 57.8 Å². The number of nitrogens with one attached hydrogen (secondary N) is 1. The fourth-order valence-electron chi connectivity index (χ4n) is 5.63. The molecule has 0 radical (unpaired) electrons. The summed E-state index contributed by atoms with van der Waals surface area (Å²) in [5.41, 5.74) is -0.442. The average Bonchev–Trinajstić information content (AvgIpc) is 2.90. The van der Waals surface area contributed by atoms with Crippen molar-refractivity contribution >= 4 is 11.4 Å². The van der Waals surface area contributed by atoms with Crippen LogP contribution in [0.15, 0.2) is 36.5 Å². The molecule has 0 aliphatic heterocycles. The molecule has 0 spiro atoms. The first-order valence-corrected chi connectivity index (χ1v) is 15.2. The lowest BCUT2D eigenvalue weighted by atomic mass is 9.92. The Bertz CT molecular complexity index is 1140. The molecule has 1 aliphatic rings. The van der Waals surface area contributed by atoms with Gasteiger partial charge in [-0.25, -0.2) is 4.98 Å². The number of nitro benzene ring substituents is 1. The molecule has 0 bridgehead atoms. The molecule has 1 aromatic heterocycles. The topological polar surface area (TPSA) is 80.5 Å². The minimum absolute atomic E-state index is 0.0142. The summed E-state index contributed by atoms with van der Waals surface area (Å²) in [6, 6.07) is 7.10. The van der Waals surface area contributed by atoms with Gasteiger partial charge in [-0.3, -0.25) is 10.1 Å². The SMILES string of the molecule is CCCN(CCC(C)CCc1ccnc(O[C@H]2CC[C@H](Nc3ccc([N+](=O)[O-])c(C(F)(F)F)c3)CC2)c1)CC(C)(C)C. The molecule has 1 atom stereocenters. The summed E-state index contributed by atoms with van der Waals surface area (Å²) in [4.78, 5) is 17.0. The molecule has 42 heavy (non-hydrogen) atoms. The van der Waals surface area contributed by atoms with Gasteiger partial charge in [0.1, 0.15) is 11.7 Å². The van der Waals surface area contributed by atoms with E-state index in [1.807, 2.05) is 12.1 Å². The van der Waals surface area contributed by atoms with Gasteiger partial charge in [-0.1, -0.05) is 34.6 Å². The van der Waals surface area contributed by atoms with Gasteiger partial charge in [-0.15, -0.1) is 0 Å². The summed E-state index contributed by atoms with van der Waals surface area (Å²) in [6.45, 7) is 14.8. The third-order valence-corrected chi connectivity index (χ3v) is 7.73. The van der Waals surface area contributed by atoms with Crippen LogP contribution >= 0.6 is 0 Å². The van der Waals surface area contributed by atoms with Gasteiger partial charge in [0.05, 0.1) is 4.92 Å². The van der Waals surface area contributed by atoms with E-state index in [1.54, 1.807) is 6.20 Å². The number of halogens is 3. The number of benzene rings is 1. The Morgan fingerprint density at radius 2 is 1.81 bits per heavy atom. The highest BCUT2D eigenvalue weighted by atomic mass is 19.4. The Labute approximate surface area is 248 Å². The summed E-state index contributed by atoms with van der Waals surface area (Å²) >= 11 is 0. The van der Waals surface area contributed by atoms with Gasteiger partial charge in [0.2, 0.25) is 5.88 Å². The number of nitrogens with zero attached hydrogens (tertiary/aromatic N) is 3. The van der Waals surface area contributed by atoms with Gasteiger partial charge in [-0.2, -0.15) is 13.2 Å². The third-order valence-electron chi connectivity index (χ3n) is 7.73. The standard InChI is InChI=1S/C32H47F3N4O3/c1-6-18-38(22-31(3,4)5)19-16-23(2)7-8-24-15-17-36-30(20-24)42-27-12-9-25(10-13-27)37-26-11-14-29(39(40)41)28(21-26)32(33,34)35/h11,14-15,17,20-21,23,25,27,37H,6-10,12-13,16,18-19,22H2,1-5H3/t23?,25-,27-. The summed E-state index contributed by atoms with van der Waals surface area (Å²) in [6.07, 6.45) is 4.31. The second-order valence-corrected chi connectivity index (χ2v) is 13.0. The van der Waals surface area contributed by atoms with Gasteiger partial charge < -0.3 is 15.0 Å². The number of aromatic nitrogens is 1. The third kappa shape index (κ3) is 11.1. The first-order valence-electron chi connectivity index (χ1n) is 15.2. The number of rotatable bonds is 14. The lowest BCUT2D eigenvalue weighted by Gasteiger charge is -2.30. The lowest BCUT2D eigenvalue weighted by molar-refractivity contribution is -0.388. The van der Waals surface area contributed by atoms with Crippen LogP contribution in [0.3, 0.4) is 0 Å². The summed E-state index contributed by atoms with van der Waals surface area (Å²) in [5, 5.41) is 14.1. The molecule has 1 saturated carbocycles. The molecule has 1 unspecified atom stereocenters. The number of pyridine rings is 1. The molecule has 1 aromatic carbocycles. The van der Waals surface area contributed by atoms with E-state index in [0.717, 1.165) is 57.5 Å². The Kier molecular flexibility index (Phi) is 12.0. The van der Waals surface area contributed by atoms with Crippen LogP contribution in [0.25, 0.3) is 0 Å². The Morgan fingerprint density at radius 3 is 2.43 bits per heavy atom. The van der Waals surface area contributed by atoms with Crippen molar-refractivity contribution in [3.8, 4) is 5.88 Å². The molecule has 1 aliphatic carbocycles. The number of ether oxygens (including phenoxy) is 1. The maximum Gasteiger partial charge on any atom is 0.423 e. The van der Waals surface area contributed by atoms with Crippen LogP contribution in [0.5, 0.6) is 5.88 Å². The zero-order valence-corrected chi connectivity index (χ0v) is 25.7. The average molecular weight is 593 g/mol. The highest BCUT2D eigenvalue weighted by molar-refractivity contribution is 5.55. The molecule has 0 amide bonds. The van der Waals surface area contributed by atoms with Crippen molar-refractivity contribution in [2.45, 2.75) is 104 Å². The summed E-state index contributed by atoms with van der Waals surface area (Å²) < 4.78 is 46.2. The monoisotopic (exact) mass is 592 g/mol. The van der Waals surface area contributed by atoms with Gasteiger partial charge in [0, 0.05) is 36.6 Å². The van der Waals surface area contributed by atoms with E-state index in [0.29, 0.717) is 30.1 Å². The first-order chi connectivity index (χ1) is 19.7. The van der Waals surface area contributed by atoms with Gasteiger partial charge >= 0.3 is 6.18 Å². The Hall–Kier alpha value is -2.88. The van der Waals surface area contributed by atoms with Crippen LogP contribution in [0.2, 0.25) is 0 Å². The lowest BCUT2D eigenvalue weighted by Crippen LogP contribution is -2.34. The van der Waals surface area contributed by atoms with Crippen LogP contribution in [-0.4, -0.2) is 46.6 Å². The van der Waals surface area contributed by atoms with Gasteiger partial charge in [0.15, 0.2) is 0 Å². The van der Waals surface area contributed by atoms with Crippen LogP contribution in [0, 0.1) is 21.4 Å². The number of hydrogen-bond acceptors (Lipinski definition) is 6. The smallest absolute Gasteiger partial charge is 0.423 e. The highest BCUT2D eigenvalue weighted by Gasteiger charge is 2.38. The predicted octanol–water partition coefficient (Wildman–Crippen LogP) is 8.53. The van der Waals surface area contributed by atoms with Crippen molar-refractivity contribution in [1.82, 2.24) is 9.88 Å². The van der Waals surface area contributed by atoms with Gasteiger partial charge in [0.25, 0.3) is 5.69 Å². The van der Waals surface area contributed by atoms with Crippen LogP contribution in [-0.2, 0) is 12.6 Å². The number of anilines is 1. The fourth-order valence-corrected chi connectivity index (χ4v) is 5.63. The first kappa shape index (κ1) is 33.6. The molecular weight excluding hydrogens is 545 g/mol. The molecule has 234 valence electrons. The van der Waals surface area contributed by atoms with E-state index in [2.05, 4.69) is 49.8 Å². The fraction of sp³-hybridized carbons (Fsp3) is 0.656. The maximum atomic E-state index is 13.3. The molecule has 1 heterocycles. The van der Waals surface area contributed by atoms with Crippen molar-refractivity contribution < 1.29 is 22.8 Å². The second-order valence-electron chi connectivity index (χ2n) is 13.0. The zero-order chi connectivity index (χ0) is 30.9.